The van der Waals surface area contributed by atoms with Crippen LogP contribution in [0, 0.1) is 10.8 Å². The lowest BCUT2D eigenvalue weighted by atomic mass is 9.63. The van der Waals surface area contributed by atoms with Gasteiger partial charge < -0.3 is 10.2 Å². The fourth-order valence-electron chi connectivity index (χ4n) is 5.41. The van der Waals surface area contributed by atoms with Crippen molar-refractivity contribution in [3.63, 3.8) is 0 Å². The number of hydrogen-bond donors (Lipinski definition) is 2. The molecule has 0 radical (unpaired) electrons. The van der Waals surface area contributed by atoms with E-state index < -0.39 is 12.2 Å². The van der Waals surface area contributed by atoms with E-state index in [1.165, 1.54) is 0 Å². The minimum absolute atomic E-state index is 0.0933. The van der Waals surface area contributed by atoms with Gasteiger partial charge in [-0.2, -0.15) is 0 Å². The number of rotatable bonds is 0. The largest absolute Gasteiger partial charge is 0.390 e. The van der Waals surface area contributed by atoms with Gasteiger partial charge in [-0.15, -0.1) is 0 Å². The van der Waals surface area contributed by atoms with Crippen molar-refractivity contribution in [3.05, 3.63) is 0 Å². The van der Waals surface area contributed by atoms with Crippen molar-refractivity contribution < 1.29 is 19.8 Å². The highest BCUT2D eigenvalue weighted by Crippen LogP contribution is 2.65. The molecule has 0 amide bonds. The van der Waals surface area contributed by atoms with Gasteiger partial charge >= 0.3 is 0 Å². The minimum atomic E-state index is -0.628. The van der Waals surface area contributed by atoms with Crippen LogP contribution in [0.3, 0.4) is 0 Å². The van der Waals surface area contributed by atoms with Gasteiger partial charge in [0.15, 0.2) is 0 Å². The molecule has 3 saturated carbocycles. The number of Topliss-reactive ketones (excluding diaryl/α,β-unsaturated/α-hetero) is 2. The fraction of sp³-hybridized carbons (Fsp3) is 0.889. The third-order valence-corrected chi connectivity index (χ3v) is 6.52. The molecule has 0 heterocycles. The molecule has 22 heavy (non-hydrogen) atoms. The van der Waals surface area contributed by atoms with E-state index in [0.717, 1.165) is 38.5 Å². The second-order valence-corrected chi connectivity index (χ2v) is 7.97. The van der Waals surface area contributed by atoms with Gasteiger partial charge in [-0.25, -0.2) is 0 Å². The second kappa shape index (κ2) is 6.04. The number of ketones is 2. The van der Waals surface area contributed by atoms with E-state index in [4.69, 9.17) is 0 Å². The number of hydrogen-bond acceptors (Lipinski definition) is 4. The van der Waals surface area contributed by atoms with Crippen LogP contribution in [0.4, 0.5) is 0 Å². The van der Waals surface area contributed by atoms with E-state index in [9.17, 15) is 19.8 Å². The molecule has 3 rings (SSSR count). The lowest BCUT2D eigenvalue weighted by Crippen LogP contribution is -2.33. The Morgan fingerprint density at radius 3 is 1.41 bits per heavy atom. The smallest absolute Gasteiger partial charge is 0.134 e. The van der Waals surface area contributed by atoms with Crippen LogP contribution < -0.4 is 0 Å². The Morgan fingerprint density at radius 1 is 0.682 bits per heavy atom. The molecule has 0 aliphatic heterocycles. The maximum absolute atomic E-state index is 12.2. The minimum Gasteiger partial charge on any atom is -0.390 e. The molecule has 2 N–H and O–H groups in total. The highest BCUT2D eigenvalue weighted by molar-refractivity contribution is 5.91. The topological polar surface area (TPSA) is 74.6 Å². The summed E-state index contributed by atoms with van der Waals surface area (Å²) < 4.78 is 0. The molecule has 0 aromatic rings. The molecule has 3 aliphatic rings. The van der Waals surface area contributed by atoms with E-state index in [0.29, 0.717) is 50.1 Å². The first-order valence-corrected chi connectivity index (χ1v) is 8.86. The first kappa shape index (κ1) is 16.1. The fourth-order valence-corrected chi connectivity index (χ4v) is 5.41. The monoisotopic (exact) mass is 308 g/mol. The van der Waals surface area contributed by atoms with Gasteiger partial charge in [0.05, 0.1) is 12.2 Å². The lowest BCUT2D eigenvalue weighted by Gasteiger charge is -2.40. The van der Waals surface area contributed by atoms with Gasteiger partial charge in [-0.1, -0.05) is 25.7 Å². The van der Waals surface area contributed by atoms with Crippen LogP contribution >= 0.6 is 0 Å². The summed E-state index contributed by atoms with van der Waals surface area (Å²) in [4.78, 5) is 24.3. The number of aliphatic hydroxyl groups is 2. The molecule has 2 atom stereocenters. The zero-order valence-corrected chi connectivity index (χ0v) is 13.4. The summed E-state index contributed by atoms with van der Waals surface area (Å²) >= 11 is 0. The van der Waals surface area contributed by atoms with Crippen molar-refractivity contribution in [1.29, 1.82) is 0 Å². The quantitative estimate of drug-likeness (QED) is 0.721. The summed E-state index contributed by atoms with van der Waals surface area (Å²) in [5, 5.41) is 19.9. The summed E-state index contributed by atoms with van der Waals surface area (Å²) in [6.45, 7) is 0. The zero-order chi connectivity index (χ0) is 15.8. The Morgan fingerprint density at radius 2 is 1.05 bits per heavy atom. The Labute approximate surface area is 132 Å². The van der Waals surface area contributed by atoms with Crippen LogP contribution in [0.2, 0.25) is 0 Å². The van der Waals surface area contributed by atoms with E-state index in [2.05, 4.69) is 0 Å². The number of carbonyl (C=O) groups is 2. The molecule has 3 fully saturated rings. The molecule has 0 saturated heterocycles. The summed E-state index contributed by atoms with van der Waals surface area (Å²) in [5.74, 6) is 0.671. The van der Waals surface area contributed by atoms with Crippen molar-refractivity contribution in [2.45, 2.75) is 89.3 Å². The lowest BCUT2D eigenvalue weighted by molar-refractivity contribution is -0.120. The van der Waals surface area contributed by atoms with Crippen LogP contribution in [-0.2, 0) is 9.59 Å². The average Bonchev–Trinajstić information content (AvgIpc) is 2.84. The highest BCUT2D eigenvalue weighted by Gasteiger charge is 2.61. The van der Waals surface area contributed by atoms with Crippen molar-refractivity contribution in [3.8, 4) is 0 Å². The highest BCUT2D eigenvalue weighted by atomic mass is 16.3. The third kappa shape index (κ3) is 2.76. The van der Waals surface area contributed by atoms with Gasteiger partial charge in [-0.3, -0.25) is 9.59 Å². The molecular weight excluding hydrogens is 280 g/mol. The molecule has 3 aliphatic carbocycles. The molecule has 124 valence electrons. The zero-order valence-electron chi connectivity index (χ0n) is 13.4. The molecule has 0 bridgehead atoms. The molecule has 0 aromatic carbocycles. The Kier molecular flexibility index (Phi) is 4.43. The molecule has 0 aromatic heterocycles. The van der Waals surface area contributed by atoms with E-state index >= 15 is 0 Å². The van der Waals surface area contributed by atoms with Crippen LogP contribution in [0.5, 0.6) is 0 Å². The van der Waals surface area contributed by atoms with Gasteiger partial charge in [0.25, 0.3) is 0 Å². The maximum atomic E-state index is 12.2. The van der Waals surface area contributed by atoms with Crippen molar-refractivity contribution in [2.75, 3.05) is 0 Å². The number of carbonyl (C=O) groups excluding carboxylic acids is 2. The normalized spacial score (nSPS) is 44.1. The van der Waals surface area contributed by atoms with Gasteiger partial charge in [-0.05, 0) is 36.5 Å². The van der Waals surface area contributed by atoms with Crippen LogP contribution in [0.25, 0.3) is 0 Å². The predicted octanol–water partition coefficient (Wildman–Crippen LogP) is 2.54. The SMILES string of the molecule is O=C1CC23CCCC[C@@H](O)[C@@H](O)CCCCC2(C1)CC(=O)C3. The summed E-state index contributed by atoms with van der Waals surface area (Å²) in [6.07, 6.45) is 7.77. The van der Waals surface area contributed by atoms with Crippen LogP contribution in [0.15, 0.2) is 0 Å². The molecule has 0 spiro atoms. The third-order valence-electron chi connectivity index (χ3n) is 6.52. The number of aliphatic hydroxyl groups excluding tert-OH is 2. The van der Waals surface area contributed by atoms with E-state index in [-0.39, 0.29) is 10.8 Å². The van der Waals surface area contributed by atoms with Crippen molar-refractivity contribution in [2.24, 2.45) is 10.8 Å². The van der Waals surface area contributed by atoms with Gasteiger partial charge in [0, 0.05) is 25.7 Å². The van der Waals surface area contributed by atoms with Crippen molar-refractivity contribution >= 4 is 11.6 Å². The molecule has 4 heteroatoms. The molecule has 4 nitrogen and oxygen atoms in total. The first-order valence-electron chi connectivity index (χ1n) is 8.86. The van der Waals surface area contributed by atoms with Gasteiger partial charge in [0.1, 0.15) is 11.6 Å². The van der Waals surface area contributed by atoms with Crippen LogP contribution in [-0.4, -0.2) is 34.0 Å². The Balaban J connectivity index is 1.80. The van der Waals surface area contributed by atoms with Gasteiger partial charge in [0.2, 0.25) is 0 Å². The molecular formula is C18H28O4. The standard InChI is InChI=1S/C18H28O4/c19-13-9-17-7-3-1-5-15(21)16(22)6-2-4-8-18(17,11-13)12-14(20)10-17/h15-16,21-22H,1-12H2/t15-,16+,17?,18?. The Hall–Kier alpha value is -0.740. The van der Waals surface area contributed by atoms with Crippen LogP contribution in [0.1, 0.15) is 77.0 Å². The summed E-state index contributed by atoms with van der Waals surface area (Å²) in [5.41, 5.74) is -0.187. The van der Waals surface area contributed by atoms with E-state index in [1.54, 1.807) is 0 Å². The summed E-state index contributed by atoms with van der Waals surface area (Å²) in [6, 6.07) is 0. The maximum Gasteiger partial charge on any atom is 0.134 e. The van der Waals surface area contributed by atoms with E-state index in [1.807, 2.05) is 0 Å². The average molecular weight is 308 g/mol. The van der Waals surface area contributed by atoms with Crippen molar-refractivity contribution in [1.82, 2.24) is 0 Å². The Bertz CT molecular complexity index is 398. The first-order chi connectivity index (χ1) is 10.5. The summed E-state index contributed by atoms with van der Waals surface area (Å²) in [7, 11) is 0. The predicted molar refractivity (Wildman–Crippen MR) is 82.3 cm³/mol. The second-order valence-electron chi connectivity index (χ2n) is 7.97. The molecule has 0 unspecified atom stereocenters.